The lowest BCUT2D eigenvalue weighted by molar-refractivity contribution is -0.139. The normalized spacial score (nSPS) is 16.5. The van der Waals surface area contributed by atoms with Gasteiger partial charge in [-0.25, -0.2) is 0 Å². The fourth-order valence-electron chi connectivity index (χ4n) is 3.33. The maximum absolute atomic E-state index is 12.2. The number of benzene rings is 1. The molecule has 3 heterocycles. The Labute approximate surface area is 150 Å². The molecule has 6 nitrogen and oxygen atoms in total. The fourth-order valence-corrected chi connectivity index (χ4v) is 3.33. The van der Waals surface area contributed by atoms with Crippen molar-refractivity contribution in [2.75, 3.05) is 0 Å². The number of aromatic nitrogens is 4. The summed E-state index contributed by atoms with van der Waals surface area (Å²) in [4.78, 5) is 16.4. The van der Waals surface area contributed by atoms with E-state index in [1.165, 1.54) is 5.56 Å². The zero-order chi connectivity index (χ0) is 17.7. The van der Waals surface area contributed by atoms with Gasteiger partial charge in [-0.1, -0.05) is 6.07 Å². The molecule has 130 valence electrons. The van der Waals surface area contributed by atoms with E-state index in [4.69, 9.17) is 4.74 Å². The first kappa shape index (κ1) is 15.3. The zero-order valence-corrected chi connectivity index (χ0v) is 14.5. The highest BCUT2D eigenvalue weighted by Gasteiger charge is 2.46. The third-order valence-corrected chi connectivity index (χ3v) is 5.33. The Morgan fingerprint density at radius 1 is 1.15 bits per heavy atom. The van der Waals surface area contributed by atoms with Crippen LogP contribution in [0.25, 0.3) is 16.8 Å². The number of nitrogens with zero attached hydrogens (tertiary/aromatic N) is 4. The number of carbonyl (C=O) groups is 1. The highest BCUT2D eigenvalue weighted by atomic mass is 16.5. The van der Waals surface area contributed by atoms with Crippen LogP contribution >= 0.6 is 0 Å². The van der Waals surface area contributed by atoms with Crippen LogP contribution in [0.5, 0.6) is 5.75 Å². The second-order valence-electron chi connectivity index (χ2n) is 7.32. The molecule has 2 aromatic heterocycles. The molecule has 3 aromatic rings. The van der Waals surface area contributed by atoms with Gasteiger partial charge in [0.2, 0.25) is 0 Å². The number of carbonyl (C=O) groups excluding carboxylic acids is 1. The molecule has 2 aliphatic rings. The summed E-state index contributed by atoms with van der Waals surface area (Å²) in [7, 11) is 0. The van der Waals surface area contributed by atoms with Crippen molar-refractivity contribution >= 4 is 5.97 Å². The number of hydrogen-bond donors (Lipinski definition) is 0. The summed E-state index contributed by atoms with van der Waals surface area (Å²) in [6.07, 6.45) is 8.75. The quantitative estimate of drug-likeness (QED) is 0.682. The lowest BCUT2D eigenvalue weighted by Crippen LogP contribution is -2.18. The van der Waals surface area contributed by atoms with Gasteiger partial charge in [0, 0.05) is 18.2 Å². The van der Waals surface area contributed by atoms with Crippen LogP contribution in [-0.4, -0.2) is 25.7 Å². The van der Waals surface area contributed by atoms with Crippen molar-refractivity contribution in [1.29, 1.82) is 0 Å². The van der Waals surface area contributed by atoms with Crippen molar-refractivity contribution in [2.24, 2.45) is 5.41 Å². The maximum atomic E-state index is 12.2. The second-order valence-corrected chi connectivity index (χ2v) is 7.32. The molecule has 6 heteroatoms. The van der Waals surface area contributed by atoms with Gasteiger partial charge in [-0.05, 0) is 55.5 Å². The van der Waals surface area contributed by atoms with Crippen molar-refractivity contribution in [3.8, 4) is 22.6 Å². The molecule has 0 saturated heterocycles. The maximum Gasteiger partial charge on any atom is 0.317 e. The molecule has 0 spiro atoms. The Morgan fingerprint density at radius 2 is 2.04 bits per heavy atom. The first-order valence-corrected chi connectivity index (χ1v) is 8.82. The molecule has 1 aliphatic carbocycles. The Morgan fingerprint density at radius 3 is 2.88 bits per heavy atom. The van der Waals surface area contributed by atoms with E-state index in [9.17, 15) is 4.79 Å². The average molecular weight is 346 g/mol. The van der Waals surface area contributed by atoms with Crippen LogP contribution in [0.15, 0.2) is 43.0 Å². The van der Waals surface area contributed by atoms with Gasteiger partial charge >= 0.3 is 5.97 Å². The number of esters is 1. The van der Waals surface area contributed by atoms with E-state index in [1.807, 2.05) is 17.6 Å². The third kappa shape index (κ3) is 2.49. The van der Waals surface area contributed by atoms with Crippen molar-refractivity contribution in [2.45, 2.75) is 32.6 Å². The summed E-state index contributed by atoms with van der Waals surface area (Å²) < 4.78 is 7.57. The van der Waals surface area contributed by atoms with Crippen LogP contribution in [-0.2, 0) is 17.6 Å². The van der Waals surface area contributed by atoms with Crippen LogP contribution in [0.2, 0.25) is 0 Å². The first-order chi connectivity index (χ1) is 12.6. The predicted octanol–water partition coefficient (Wildman–Crippen LogP) is 3.13. The second kappa shape index (κ2) is 5.49. The largest absolute Gasteiger partial charge is 0.424 e. The summed E-state index contributed by atoms with van der Waals surface area (Å²) in [5.41, 5.74) is 4.06. The predicted molar refractivity (Wildman–Crippen MR) is 95.0 cm³/mol. The van der Waals surface area contributed by atoms with Crippen molar-refractivity contribution in [1.82, 2.24) is 19.7 Å². The number of rotatable bonds is 3. The molecule has 5 rings (SSSR count). The Hall–Kier alpha value is -3.02. The monoisotopic (exact) mass is 346 g/mol. The van der Waals surface area contributed by atoms with Gasteiger partial charge in [0.05, 0.1) is 17.3 Å². The average Bonchev–Trinajstić information content (AvgIpc) is 3.23. The first-order valence-electron chi connectivity index (χ1n) is 8.82. The molecule has 0 unspecified atom stereocenters. The molecule has 1 aliphatic heterocycles. The SMILES string of the molecule is CC1(C(=O)Oc2cncc(-c3ccc4c(c3)CCc3nncn3-4)c2)CC1. The van der Waals surface area contributed by atoms with E-state index in [0.29, 0.717) is 5.75 Å². The minimum atomic E-state index is -0.307. The Balaban J connectivity index is 1.46. The highest BCUT2D eigenvalue weighted by molar-refractivity contribution is 5.81. The molecule has 0 radical (unpaired) electrons. The van der Waals surface area contributed by atoms with E-state index < -0.39 is 0 Å². The van der Waals surface area contributed by atoms with Crippen LogP contribution in [0.1, 0.15) is 31.2 Å². The summed E-state index contributed by atoms with van der Waals surface area (Å²) in [6, 6.07) is 8.19. The highest BCUT2D eigenvalue weighted by Crippen LogP contribution is 2.46. The van der Waals surface area contributed by atoms with Gasteiger partial charge in [-0.15, -0.1) is 10.2 Å². The summed E-state index contributed by atoms with van der Waals surface area (Å²) in [6.45, 7) is 1.94. The van der Waals surface area contributed by atoms with Crippen LogP contribution in [0, 0.1) is 5.41 Å². The molecule has 0 atom stereocenters. The minimum absolute atomic E-state index is 0.165. The van der Waals surface area contributed by atoms with Crippen molar-refractivity contribution < 1.29 is 9.53 Å². The lowest BCUT2D eigenvalue weighted by atomic mass is 9.98. The summed E-state index contributed by atoms with van der Waals surface area (Å²) >= 11 is 0. The van der Waals surface area contributed by atoms with Gasteiger partial charge in [-0.2, -0.15) is 0 Å². The Bertz CT molecular complexity index is 1020. The summed E-state index contributed by atoms with van der Waals surface area (Å²) in [5, 5.41) is 8.16. The fraction of sp³-hybridized carbons (Fsp3) is 0.300. The smallest absolute Gasteiger partial charge is 0.317 e. The van der Waals surface area contributed by atoms with Crippen LogP contribution < -0.4 is 4.74 Å². The van der Waals surface area contributed by atoms with Gasteiger partial charge < -0.3 is 4.74 Å². The lowest BCUT2D eigenvalue weighted by Gasteiger charge is -2.18. The molecule has 0 amide bonds. The Kier molecular flexibility index (Phi) is 3.22. The molecule has 0 N–H and O–H groups in total. The van der Waals surface area contributed by atoms with Crippen LogP contribution in [0.3, 0.4) is 0 Å². The van der Waals surface area contributed by atoms with E-state index in [2.05, 4.69) is 33.4 Å². The third-order valence-electron chi connectivity index (χ3n) is 5.33. The zero-order valence-electron chi connectivity index (χ0n) is 14.5. The molecule has 26 heavy (non-hydrogen) atoms. The molecule has 1 fully saturated rings. The topological polar surface area (TPSA) is 69.9 Å². The van der Waals surface area contributed by atoms with E-state index in [0.717, 1.165) is 48.3 Å². The number of pyridine rings is 1. The molecule has 0 bridgehead atoms. The van der Waals surface area contributed by atoms with E-state index >= 15 is 0 Å². The van der Waals surface area contributed by atoms with Gasteiger partial charge in [-0.3, -0.25) is 14.3 Å². The summed E-state index contributed by atoms with van der Waals surface area (Å²) in [5.74, 6) is 1.33. The van der Waals surface area contributed by atoms with Crippen molar-refractivity contribution in [3.05, 3.63) is 54.4 Å². The number of ether oxygens (including phenoxy) is 1. The molecule has 1 aromatic carbocycles. The standard InChI is InChI=1S/C20H18N4O2/c1-20(6-7-20)19(25)26-16-9-15(10-21-11-16)13-2-4-17-14(8-13)3-5-18-23-22-12-24(17)18/h2,4,8-12H,3,5-7H2,1H3. The molecular weight excluding hydrogens is 328 g/mol. The van der Waals surface area contributed by atoms with Crippen LogP contribution in [0.4, 0.5) is 0 Å². The van der Waals surface area contributed by atoms with Gasteiger partial charge in [0.1, 0.15) is 17.9 Å². The molecular formula is C20H18N4O2. The number of aryl methyl sites for hydroxylation is 2. The number of hydrogen-bond acceptors (Lipinski definition) is 5. The van der Waals surface area contributed by atoms with E-state index in [-0.39, 0.29) is 11.4 Å². The molecule has 1 saturated carbocycles. The van der Waals surface area contributed by atoms with E-state index in [1.54, 1.807) is 18.7 Å². The minimum Gasteiger partial charge on any atom is -0.424 e. The van der Waals surface area contributed by atoms with Gasteiger partial charge in [0.15, 0.2) is 0 Å². The van der Waals surface area contributed by atoms with Gasteiger partial charge in [0.25, 0.3) is 0 Å². The number of fused-ring (bicyclic) bond motifs is 3. The van der Waals surface area contributed by atoms with Crippen molar-refractivity contribution in [3.63, 3.8) is 0 Å².